The summed E-state index contributed by atoms with van der Waals surface area (Å²) in [5.41, 5.74) is 2.95. The molecule has 17 heavy (non-hydrogen) atoms. The zero-order chi connectivity index (χ0) is 12.3. The number of nitrogens with one attached hydrogen (secondary N) is 1. The highest BCUT2D eigenvalue weighted by Crippen LogP contribution is 2.32. The summed E-state index contributed by atoms with van der Waals surface area (Å²) in [6.07, 6.45) is 6.11. The largest absolute Gasteiger partial charge is 0.374 e. The molecule has 1 aliphatic heterocycles. The topological polar surface area (TPSA) is 69.0 Å². The van der Waals surface area contributed by atoms with Gasteiger partial charge in [-0.05, 0) is 18.4 Å². The van der Waals surface area contributed by atoms with Crippen molar-refractivity contribution in [1.29, 1.82) is 5.26 Å². The lowest BCUT2D eigenvalue weighted by Crippen LogP contribution is -2.29. The van der Waals surface area contributed by atoms with Crippen LogP contribution in [0, 0.1) is 11.3 Å². The predicted octanol–water partition coefficient (Wildman–Crippen LogP) is 0.775. The molecule has 1 amide bonds. The van der Waals surface area contributed by atoms with Crippen molar-refractivity contribution in [3.63, 3.8) is 0 Å². The zero-order valence-corrected chi connectivity index (χ0v) is 9.68. The van der Waals surface area contributed by atoms with Crippen molar-refractivity contribution >= 4 is 12.1 Å². The first-order valence-electron chi connectivity index (χ1n) is 5.55. The van der Waals surface area contributed by atoms with Gasteiger partial charge in [-0.25, -0.2) is 0 Å². The van der Waals surface area contributed by atoms with Crippen LogP contribution in [0.1, 0.15) is 23.6 Å². The molecular weight excluding hydrogens is 216 g/mol. The zero-order valence-electron chi connectivity index (χ0n) is 9.68. The number of aryl methyl sites for hydroxylation is 1. The van der Waals surface area contributed by atoms with Gasteiger partial charge >= 0.3 is 0 Å². The number of nitriles is 1. The van der Waals surface area contributed by atoms with Gasteiger partial charge in [0.25, 0.3) is 0 Å². The van der Waals surface area contributed by atoms with E-state index in [0.29, 0.717) is 6.41 Å². The van der Waals surface area contributed by atoms with Crippen LogP contribution in [0.5, 0.6) is 0 Å². The highest BCUT2D eigenvalue weighted by molar-refractivity contribution is 5.63. The first-order chi connectivity index (χ1) is 8.27. The smallest absolute Gasteiger partial charge is 0.208 e. The van der Waals surface area contributed by atoms with E-state index >= 15 is 0 Å². The van der Waals surface area contributed by atoms with E-state index in [2.05, 4.69) is 21.3 Å². The molecule has 88 valence electrons. The number of nitrogens with zero attached hydrogens (tertiary/aromatic N) is 3. The fourth-order valence-electron chi connectivity index (χ4n) is 2.26. The summed E-state index contributed by atoms with van der Waals surface area (Å²) >= 11 is 0. The molecule has 2 heterocycles. The Morgan fingerprint density at radius 1 is 1.65 bits per heavy atom. The number of carbonyl (C=O) groups is 1. The second kappa shape index (κ2) is 4.83. The van der Waals surface area contributed by atoms with Crippen LogP contribution in [0.25, 0.3) is 0 Å². The number of hydrogen-bond donors (Lipinski definition) is 1. The normalized spacial score (nSPS) is 15.6. The van der Waals surface area contributed by atoms with Gasteiger partial charge in [0.05, 0.1) is 6.07 Å². The molecule has 0 saturated heterocycles. The van der Waals surface area contributed by atoms with Crippen molar-refractivity contribution in [2.75, 3.05) is 18.5 Å². The van der Waals surface area contributed by atoms with E-state index in [4.69, 9.17) is 5.26 Å². The third-order valence-corrected chi connectivity index (χ3v) is 3.02. The van der Waals surface area contributed by atoms with Gasteiger partial charge in [-0.3, -0.25) is 9.78 Å². The molecule has 0 spiro atoms. The van der Waals surface area contributed by atoms with Crippen molar-refractivity contribution in [3.05, 3.63) is 23.5 Å². The van der Waals surface area contributed by atoms with Crippen molar-refractivity contribution in [3.8, 4) is 6.07 Å². The second-order valence-electron chi connectivity index (χ2n) is 4.11. The minimum Gasteiger partial charge on any atom is -0.374 e. The van der Waals surface area contributed by atoms with Crippen LogP contribution < -0.4 is 10.2 Å². The molecule has 5 nitrogen and oxygen atoms in total. The maximum atomic E-state index is 10.5. The molecule has 1 unspecified atom stereocenters. The monoisotopic (exact) mass is 230 g/mol. The van der Waals surface area contributed by atoms with Gasteiger partial charge in [0, 0.05) is 37.2 Å². The van der Waals surface area contributed by atoms with Gasteiger partial charge in [-0.15, -0.1) is 0 Å². The van der Waals surface area contributed by atoms with Gasteiger partial charge in [0.15, 0.2) is 0 Å². The van der Waals surface area contributed by atoms with E-state index in [0.717, 1.165) is 36.2 Å². The number of fused-ring (bicyclic) bond motifs is 1. The van der Waals surface area contributed by atoms with Crippen molar-refractivity contribution in [2.24, 2.45) is 0 Å². The van der Waals surface area contributed by atoms with E-state index in [1.807, 2.05) is 13.2 Å². The third-order valence-electron chi connectivity index (χ3n) is 3.02. The Kier molecular flexibility index (Phi) is 3.24. The molecule has 0 bridgehead atoms. The number of carbonyl (C=O) groups excluding carboxylic acids is 1. The molecule has 1 aliphatic rings. The molecule has 1 aromatic heterocycles. The average molecular weight is 230 g/mol. The summed E-state index contributed by atoms with van der Waals surface area (Å²) in [7, 11) is 2.00. The van der Waals surface area contributed by atoms with Crippen LogP contribution >= 0.6 is 0 Å². The van der Waals surface area contributed by atoms with Crippen LogP contribution in [0.4, 0.5) is 5.69 Å². The Morgan fingerprint density at radius 2 is 2.47 bits per heavy atom. The Hall–Kier alpha value is -2.09. The summed E-state index contributed by atoms with van der Waals surface area (Å²) < 4.78 is 0. The van der Waals surface area contributed by atoms with Crippen LogP contribution in [-0.4, -0.2) is 25.0 Å². The molecule has 1 aromatic rings. The summed E-state index contributed by atoms with van der Waals surface area (Å²) in [6.45, 7) is 0.962. The Balaban J connectivity index is 2.47. The summed E-state index contributed by atoms with van der Waals surface area (Å²) in [5, 5.41) is 11.6. The molecule has 2 rings (SSSR count). The fourth-order valence-corrected chi connectivity index (χ4v) is 2.26. The lowest BCUT2D eigenvalue weighted by molar-refractivity contribution is -0.109. The van der Waals surface area contributed by atoms with Crippen LogP contribution in [0.15, 0.2) is 12.4 Å². The SMILES string of the molecule is CN1CCCc2cncc(C(C#N)NC=O)c21. The van der Waals surface area contributed by atoms with Gasteiger partial charge in [0.1, 0.15) is 6.04 Å². The summed E-state index contributed by atoms with van der Waals surface area (Å²) in [4.78, 5) is 16.8. The minimum atomic E-state index is -0.629. The quantitative estimate of drug-likeness (QED) is 0.779. The Labute approximate surface area is 100 Å². The Morgan fingerprint density at radius 3 is 3.18 bits per heavy atom. The van der Waals surface area contributed by atoms with E-state index in [9.17, 15) is 4.79 Å². The highest BCUT2D eigenvalue weighted by Gasteiger charge is 2.22. The number of rotatable bonds is 3. The molecule has 0 aliphatic carbocycles. The van der Waals surface area contributed by atoms with Gasteiger partial charge in [0.2, 0.25) is 6.41 Å². The molecule has 0 aromatic carbocycles. The maximum absolute atomic E-state index is 10.5. The van der Waals surface area contributed by atoms with Crippen LogP contribution in [-0.2, 0) is 11.2 Å². The lowest BCUT2D eigenvalue weighted by Gasteiger charge is -2.30. The molecule has 1 atom stereocenters. The molecule has 0 fully saturated rings. The number of pyridine rings is 1. The number of hydrogen-bond acceptors (Lipinski definition) is 4. The first kappa shape index (κ1) is 11.4. The highest BCUT2D eigenvalue weighted by atomic mass is 16.1. The predicted molar refractivity (Wildman–Crippen MR) is 63.4 cm³/mol. The lowest BCUT2D eigenvalue weighted by atomic mass is 9.98. The summed E-state index contributed by atoms with van der Waals surface area (Å²) in [5.74, 6) is 0. The second-order valence-corrected chi connectivity index (χ2v) is 4.11. The minimum absolute atomic E-state index is 0.552. The maximum Gasteiger partial charge on any atom is 0.208 e. The molecule has 0 radical (unpaired) electrons. The van der Waals surface area contributed by atoms with E-state index in [-0.39, 0.29) is 0 Å². The van der Waals surface area contributed by atoms with Crippen molar-refractivity contribution in [1.82, 2.24) is 10.3 Å². The van der Waals surface area contributed by atoms with E-state index < -0.39 is 6.04 Å². The number of aromatic nitrogens is 1. The standard InChI is InChI=1S/C12H14N4O/c1-16-4-2-3-9-6-14-7-10(12(9)16)11(5-13)15-8-17/h6-8,11H,2-4H2,1H3,(H,15,17). The van der Waals surface area contributed by atoms with E-state index in [1.165, 1.54) is 0 Å². The molecule has 5 heteroatoms. The van der Waals surface area contributed by atoms with Gasteiger partial charge in [-0.1, -0.05) is 0 Å². The van der Waals surface area contributed by atoms with Gasteiger partial charge < -0.3 is 10.2 Å². The first-order valence-corrected chi connectivity index (χ1v) is 5.55. The van der Waals surface area contributed by atoms with E-state index in [1.54, 1.807) is 6.20 Å². The van der Waals surface area contributed by atoms with Crippen molar-refractivity contribution < 1.29 is 4.79 Å². The molecular formula is C12H14N4O. The van der Waals surface area contributed by atoms with Gasteiger partial charge in [-0.2, -0.15) is 5.26 Å². The fraction of sp³-hybridized carbons (Fsp3) is 0.417. The number of amides is 1. The Bertz CT molecular complexity index is 466. The number of anilines is 1. The van der Waals surface area contributed by atoms with Crippen LogP contribution in [0.3, 0.4) is 0 Å². The molecule has 0 saturated carbocycles. The van der Waals surface area contributed by atoms with Crippen molar-refractivity contribution in [2.45, 2.75) is 18.9 Å². The summed E-state index contributed by atoms with van der Waals surface area (Å²) in [6, 6.07) is 1.45. The third kappa shape index (κ3) is 2.07. The molecule has 1 N–H and O–H groups in total. The van der Waals surface area contributed by atoms with Crippen LogP contribution in [0.2, 0.25) is 0 Å². The average Bonchev–Trinajstić information content (AvgIpc) is 2.36.